The molecule has 0 unspecified atom stereocenters. The number of hydrogen-bond donors (Lipinski definition) is 1. The number of halogens is 1. The number of sulfone groups is 1. The first-order valence-electron chi connectivity index (χ1n) is 9.80. The van der Waals surface area contributed by atoms with Crippen LogP contribution in [0.3, 0.4) is 0 Å². The summed E-state index contributed by atoms with van der Waals surface area (Å²) in [5, 5.41) is 0. The van der Waals surface area contributed by atoms with E-state index in [4.69, 9.17) is 0 Å². The van der Waals surface area contributed by atoms with E-state index in [1.807, 2.05) is 0 Å². The third-order valence-corrected chi connectivity index (χ3v) is 7.52. The van der Waals surface area contributed by atoms with Gasteiger partial charge >= 0.3 is 5.97 Å². The van der Waals surface area contributed by atoms with E-state index >= 15 is 0 Å². The Labute approximate surface area is 192 Å². The number of sulfonamides is 1. The number of hydrogen-bond acceptors (Lipinski definition) is 6. The summed E-state index contributed by atoms with van der Waals surface area (Å²) in [5.41, 5.74) is 1.08. The summed E-state index contributed by atoms with van der Waals surface area (Å²) in [7, 11) is -6.74. The molecule has 0 radical (unpaired) electrons. The standard InChI is InChI=1S/C23H22FNO6S2/c1-4-15-8-9-17(23(26)31-2)13-22(15)33(29,30)25-21-14-19(32(3,27)28)10-11-20(21)16-6-5-7-18(24)12-16/h5-14,25H,4H2,1-3H3. The van der Waals surface area contributed by atoms with Crippen molar-refractivity contribution in [1.29, 1.82) is 0 Å². The fourth-order valence-electron chi connectivity index (χ4n) is 3.29. The molecule has 0 atom stereocenters. The van der Waals surface area contributed by atoms with Crippen molar-refractivity contribution in [2.45, 2.75) is 23.1 Å². The van der Waals surface area contributed by atoms with Crippen LogP contribution >= 0.6 is 0 Å². The van der Waals surface area contributed by atoms with Crippen molar-refractivity contribution >= 4 is 31.5 Å². The molecule has 0 aromatic heterocycles. The number of esters is 1. The van der Waals surface area contributed by atoms with Gasteiger partial charge in [0, 0.05) is 11.8 Å². The molecule has 0 amide bonds. The van der Waals surface area contributed by atoms with Gasteiger partial charge in [-0.3, -0.25) is 4.72 Å². The van der Waals surface area contributed by atoms with Crippen molar-refractivity contribution in [1.82, 2.24) is 0 Å². The van der Waals surface area contributed by atoms with Gasteiger partial charge in [0.05, 0.1) is 28.2 Å². The minimum Gasteiger partial charge on any atom is -0.465 e. The maximum Gasteiger partial charge on any atom is 0.337 e. The molecule has 0 fully saturated rings. The van der Waals surface area contributed by atoms with Gasteiger partial charge in [0.2, 0.25) is 0 Å². The van der Waals surface area contributed by atoms with Crippen LogP contribution in [0.25, 0.3) is 11.1 Å². The fourth-order valence-corrected chi connectivity index (χ4v) is 5.34. The number of nitrogens with one attached hydrogen (secondary N) is 1. The minimum absolute atomic E-state index is 0.0466. The predicted molar refractivity (Wildman–Crippen MR) is 123 cm³/mol. The molecular formula is C23H22FNO6S2. The van der Waals surface area contributed by atoms with Crippen LogP contribution in [-0.4, -0.2) is 36.2 Å². The number of aryl methyl sites for hydroxylation is 1. The average Bonchev–Trinajstić information content (AvgIpc) is 2.77. The Morgan fingerprint density at radius 2 is 1.73 bits per heavy atom. The number of anilines is 1. The molecular weight excluding hydrogens is 469 g/mol. The summed E-state index contributed by atoms with van der Waals surface area (Å²) >= 11 is 0. The van der Waals surface area contributed by atoms with Crippen molar-refractivity contribution < 1.29 is 30.8 Å². The van der Waals surface area contributed by atoms with Crippen molar-refractivity contribution in [3.8, 4) is 11.1 Å². The summed E-state index contributed by atoms with van der Waals surface area (Å²) < 4.78 is 71.8. The van der Waals surface area contributed by atoms with Gasteiger partial charge in [0.25, 0.3) is 10.0 Å². The van der Waals surface area contributed by atoms with Gasteiger partial charge < -0.3 is 4.74 Å². The summed E-state index contributed by atoms with van der Waals surface area (Å²) in [5.74, 6) is -1.24. The Morgan fingerprint density at radius 1 is 1.00 bits per heavy atom. The van der Waals surface area contributed by atoms with Crippen LogP contribution in [0.4, 0.5) is 10.1 Å². The Morgan fingerprint density at radius 3 is 2.33 bits per heavy atom. The zero-order valence-corrected chi connectivity index (χ0v) is 19.8. The van der Waals surface area contributed by atoms with Gasteiger partial charge in [-0.25, -0.2) is 26.0 Å². The number of carbonyl (C=O) groups excluding carboxylic acids is 1. The largest absolute Gasteiger partial charge is 0.465 e. The smallest absolute Gasteiger partial charge is 0.337 e. The number of ether oxygens (including phenoxy) is 1. The average molecular weight is 492 g/mol. The van der Waals surface area contributed by atoms with Crippen LogP contribution in [-0.2, 0) is 31.0 Å². The summed E-state index contributed by atoms with van der Waals surface area (Å²) in [6, 6.07) is 13.6. The van der Waals surface area contributed by atoms with E-state index in [0.717, 1.165) is 6.26 Å². The summed E-state index contributed by atoms with van der Waals surface area (Å²) in [6.07, 6.45) is 1.36. The molecule has 0 aliphatic carbocycles. The Hall–Kier alpha value is -3.24. The lowest BCUT2D eigenvalue weighted by Gasteiger charge is -2.16. The lowest BCUT2D eigenvalue weighted by Crippen LogP contribution is -2.17. The van der Waals surface area contributed by atoms with Gasteiger partial charge in [-0.1, -0.05) is 31.2 Å². The van der Waals surface area contributed by atoms with E-state index < -0.39 is 31.6 Å². The van der Waals surface area contributed by atoms with Gasteiger partial charge in [0.1, 0.15) is 5.82 Å². The van der Waals surface area contributed by atoms with E-state index in [-0.39, 0.29) is 26.6 Å². The lowest BCUT2D eigenvalue weighted by atomic mass is 10.0. The third kappa shape index (κ3) is 5.40. The molecule has 0 bridgehead atoms. The molecule has 3 aromatic rings. The molecule has 0 aliphatic rings. The van der Waals surface area contributed by atoms with Gasteiger partial charge in [-0.15, -0.1) is 0 Å². The molecule has 10 heteroatoms. The molecule has 3 rings (SSSR count). The number of methoxy groups -OCH3 is 1. The zero-order chi connectivity index (χ0) is 24.4. The molecule has 1 N–H and O–H groups in total. The van der Waals surface area contributed by atoms with E-state index in [0.29, 0.717) is 17.5 Å². The highest BCUT2D eigenvalue weighted by molar-refractivity contribution is 7.92. The number of rotatable bonds is 7. The predicted octanol–water partition coefficient (Wildman–Crippen LogP) is 4.05. The molecule has 0 saturated heterocycles. The topological polar surface area (TPSA) is 107 Å². The van der Waals surface area contributed by atoms with Crippen LogP contribution in [0, 0.1) is 5.82 Å². The molecule has 7 nitrogen and oxygen atoms in total. The van der Waals surface area contributed by atoms with Gasteiger partial charge in [-0.2, -0.15) is 0 Å². The Kier molecular flexibility index (Phi) is 6.89. The monoisotopic (exact) mass is 491 g/mol. The van der Waals surface area contributed by atoms with E-state index in [9.17, 15) is 26.0 Å². The van der Waals surface area contributed by atoms with Gasteiger partial charge in [0.15, 0.2) is 9.84 Å². The Bertz CT molecular complexity index is 1430. The van der Waals surface area contributed by atoms with E-state index in [2.05, 4.69) is 9.46 Å². The third-order valence-electron chi connectivity index (χ3n) is 4.96. The first kappa shape index (κ1) is 24.4. The summed E-state index contributed by atoms with van der Waals surface area (Å²) in [4.78, 5) is 11.7. The first-order chi connectivity index (χ1) is 15.5. The SMILES string of the molecule is CCc1ccc(C(=O)OC)cc1S(=O)(=O)Nc1cc(S(C)(=O)=O)ccc1-c1cccc(F)c1. The second-order valence-corrected chi connectivity index (χ2v) is 10.9. The summed E-state index contributed by atoms with van der Waals surface area (Å²) in [6.45, 7) is 1.76. The maximum absolute atomic E-state index is 13.8. The zero-order valence-electron chi connectivity index (χ0n) is 18.1. The normalized spacial score (nSPS) is 11.8. The maximum atomic E-state index is 13.8. The second kappa shape index (κ2) is 9.32. The van der Waals surface area contributed by atoms with Crippen LogP contribution in [0.5, 0.6) is 0 Å². The second-order valence-electron chi connectivity index (χ2n) is 7.26. The number of carbonyl (C=O) groups is 1. The van der Waals surface area contributed by atoms with Gasteiger partial charge in [-0.05, 0) is 53.9 Å². The molecule has 0 spiro atoms. The van der Waals surface area contributed by atoms with E-state index in [1.54, 1.807) is 13.0 Å². The van der Waals surface area contributed by atoms with Crippen molar-refractivity contribution in [2.24, 2.45) is 0 Å². The molecule has 174 valence electrons. The Balaban J connectivity index is 2.19. The van der Waals surface area contributed by atoms with Crippen molar-refractivity contribution in [2.75, 3.05) is 18.1 Å². The quantitative estimate of drug-likeness (QED) is 0.500. The lowest BCUT2D eigenvalue weighted by molar-refractivity contribution is 0.0600. The molecule has 0 saturated carbocycles. The number of benzene rings is 3. The van der Waals surface area contributed by atoms with Crippen LogP contribution in [0.2, 0.25) is 0 Å². The van der Waals surface area contributed by atoms with Crippen molar-refractivity contribution in [3.63, 3.8) is 0 Å². The molecule has 0 heterocycles. The highest BCUT2D eigenvalue weighted by atomic mass is 32.2. The highest BCUT2D eigenvalue weighted by Crippen LogP contribution is 2.33. The molecule has 3 aromatic carbocycles. The van der Waals surface area contributed by atoms with Crippen LogP contribution < -0.4 is 4.72 Å². The minimum atomic E-state index is -4.27. The highest BCUT2D eigenvalue weighted by Gasteiger charge is 2.23. The van der Waals surface area contributed by atoms with Crippen molar-refractivity contribution in [3.05, 3.63) is 77.6 Å². The van der Waals surface area contributed by atoms with Crippen LogP contribution in [0.1, 0.15) is 22.8 Å². The molecule has 0 aliphatic heterocycles. The van der Waals surface area contributed by atoms with Crippen LogP contribution in [0.15, 0.2) is 70.5 Å². The fraction of sp³-hybridized carbons (Fsp3) is 0.174. The van der Waals surface area contributed by atoms with E-state index in [1.165, 1.54) is 61.7 Å². The first-order valence-corrected chi connectivity index (χ1v) is 13.2. The molecule has 33 heavy (non-hydrogen) atoms.